The predicted molar refractivity (Wildman–Crippen MR) is 151 cm³/mol. The molecule has 36 heavy (non-hydrogen) atoms. The van der Waals surface area contributed by atoms with Crippen molar-refractivity contribution in [2.45, 2.75) is 148 Å². The summed E-state index contributed by atoms with van der Waals surface area (Å²) in [6, 6.07) is 0. The van der Waals surface area contributed by atoms with Gasteiger partial charge in [-0.15, -0.1) is 0 Å². The van der Waals surface area contributed by atoms with Gasteiger partial charge < -0.3 is 9.47 Å². The summed E-state index contributed by atoms with van der Waals surface area (Å²) in [7, 11) is -0.485. The third-order valence-electron chi connectivity index (χ3n) is 6.31. The molecule has 0 unspecified atom stereocenters. The Kier molecular flexibility index (Phi) is 28.4. The molecule has 0 aliphatic heterocycles. The second-order valence-corrected chi connectivity index (χ2v) is 10.6. The molecule has 8 heteroatoms. The fourth-order valence-electron chi connectivity index (χ4n) is 4.11. The molecular weight excluding hydrogens is 495 g/mol. The Morgan fingerprint density at radius 2 is 1.08 bits per heavy atom. The van der Waals surface area contributed by atoms with Gasteiger partial charge in [0, 0.05) is 12.8 Å². The molecular formula is C28H53O6PS. The molecule has 0 aromatic rings. The molecule has 6 nitrogen and oxygen atoms in total. The Bertz CT molecular complexity index is 520. The molecule has 0 bridgehead atoms. The average Bonchev–Trinajstić information content (AvgIpc) is 2.87. The van der Waals surface area contributed by atoms with Crippen LogP contribution in [0.5, 0.6) is 0 Å². The number of hydrogen-bond donors (Lipinski definition) is 1. The number of carbonyl (C=O) groups excluding carboxylic acids is 2. The first-order valence-electron chi connectivity index (χ1n) is 14.5. The summed E-state index contributed by atoms with van der Waals surface area (Å²) in [4.78, 5) is 24.2. The van der Waals surface area contributed by atoms with Crippen LogP contribution < -0.4 is 0 Å². The molecule has 0 aliphatic carbocycles. The number of ether oxygens (including phenoxy) is 2. The molecule has 0 N–H and O–H groups in total. The molecule has 0 saturated carbocycles. The van der Waals surface area contributed by atoms with E-state index in [1.165, 1.54) is 83.5 Å². The van der Waals surface area contributed by atoms with Crippen LogP contribution in [0.2, 0.25) is 0 Å². The van der Waals surface area contributed by atoms with E-state index in [9.17, 15) is 14.2 Å². The van der Waals surface area contributed by atoms with Gasteiger partial charge in [0.25, 0.3) is 0 Å². The van der Waals surface area contributed by atoms with Crippen molar-refractivity contribution in [1.82, 2.24) is 0 Å². The molecule has 0 heterocycles. The summed E-state index contributed by atoms with van der Waals surface area (Å²) < 4.78 is 26.2. The molecule has 0 spiro atoms. The molecule has 0 aromatic heterocycles. The maximum atomic E-state index is 12.1. The largest absolute Gasteiger partial charge is 0.462 e. The van der Waals surface area contributed by atoms with Gasteiger partial charge in [-0.3, -0.25) is 14.1 Å². The van der Waals surface area contributed by atoms with Crippen LogP contribution in [0, 0.1) is 0 Å². The number of unbranched alkanes of at least 4 members (excludes halogenated alkanes) is 17. The summed E-state index contributed by atoms with van der Waals surface area (Å²) in [5.41, 5.74) is 0. The van der Waals surface area contributed by atoms with Crippen molar-refractivity contribution in [3.8, 4) is 0 Å². The summed E-state index contributed by atoms with van der Waals surface area (Å²) in [6.07, 6.45) is 22.4. The summed E-state index contributed by atoms with van der Waals surface area (Å²) >= 11 is 4.24. The van der Waals surface area contributed by atoms with Crippen LogP contribution in [0.4, 0.5) is 0 Å². The second-order valence-electron chi connectivity index (χ2n) is 9.75. The third kappa shape index (κ3) is 26.4. The molecule has 0 saturated heterocycles. The van der Waals surface area contributed by atoms with E-state index >= 15 is 0 Å². The van der Waals surface area contributed by atoms with E-state index in [0.29, 0.717) is 12.8 Å². The summed E-state index contributed by atoms with van der Waals surface area (Å²) in [6.45, 7) is 2.09. The Morgan fingerprint density at radius 3 is 1.56 bits per heavy atom. The van der Waals surface area contributed by atoms with E-state index in [0.717, 1.165) is 44.3 Å². The van der Waals surface area contributed by atoms with Crippen LogP contribution in [0.3, 0.4) is 0 Å². The fourth-order valence-corrected chi connectivity index (χ4v) is 4.56. The first-order valence-corrected chi connectivity index (χ1v) is 15.9. The fraction of sp³-hybridized carbons (Fsp3) is 0.929. The van der Waals surface area contributed by atoms with Gasteiger partial charge in [-0.25, -0.2) is 4.57 Å². The zero-order valence-corrected chi connectivity index (χ0v) is 24.7. The molecule has 0 rings (SSSR count). The van der Waals surface area contributed by atoms with Gasteiger partial charge in [0.2, 0.25) is 0 Å². The number of rotatable bonds is 28. The maximum absolute atomic E-state index is 12.1. The quantitative estimate of drug-likeness (QED) is 0.0455. The van der Waals surface area contributed by atoms with Crippen molar-refractivity contribution in [2.24, 2.45) is 0 Å². The number of hydrogen-bond acceptors (Lipinski definition) is 7. The monoisotopic (exact) mass is 548 g/mol. The van der Waals surface area contributed by atoms with Gasteiger partial charge >= 0.3 is 20.6 Å². The molecule has 0 amide bonds. The Balaban J connectivity index is 3.79. The molecule has 212 valence electrons. The summed E-state index contributed by atoms with van der Waals surface area (Å²) in [5.74, 6) is 0.377. The molecule has 0 radical (unpaired) electrons. The molecule has 0 aromatic carbocycles. The highest BCUT2D eigenvalue weighted by Gasteiger charge is 2.17. The van der Waals surface area contributed by atoms with Crippen molar-refractivity contribution in [2.75, 3.05) is 19.0 Å². The lowest BCUT2D eigenvalue weighted by molar-refractivity contribution is -0.160. The van der Waals surface area contributed by atoms with Gasteiger partial charge in [0.05, 0.1) is 0 Å². The lowest BCUT2D eigenvalue weighted by Crippen LogP contribution is -2.28. The van der Waals surface area contributed by atoms with Crippen molar-refractivity contribution < 1.29 is 28.2 Å². The minimum absolute atomic E-state index is 0.0588. The van der Waals surface area contributed by atoms with Crippen LogP contribution >= 0.6 is 21.3 Å². The van der Waals surface area contributed by atoms with Crippen LogP contribution in [0.25, 0.3) is 0 Å². The topological polar surface area (TPSA) is 78.9 Å². The predicted octanol–water partition coefficient (Wildman–Crippen LogP) is 8.81. The van der Waals surface area contributed by atoms with E-state index in [1.54, 1.807) is 0 Å². The average molecular weight is 549 g/mol. The van der Waals surface area contributed by atoms with E-state index in [1.807, 2.05) is 0 Å². The van der Waals surface area contributed by atoms with Crippen molar-refractivity contribution in [1.29, 1.82) is 0 Å². The minimum Gasteiger partial charge on any atom is -0.462 e. The first kappa shape index (κ1) is 35.4. The SMILES string of the molecule is CCCCCCCCCCC(=O)O[C@@H](COP=O)COC(=O)CCCCCCCCCCCCCS. The van der Waals surface area contributed by atoms with E-state index in [2.05, 4.69) is 19.6 Å². The van der Waals surface area contributed by atoms with Crippen molar-refractivity contribution in [3.05, 3.63) is 0 Å². The second kappa shape index (κ2) is 28.9. The smallest absolute Gasteiger partial charge is 0.327 e. The Hall–Kier alpha value is -0.650. The third-order valence-corrected chi connectivity index (χ3v) is 6.89. The zero-order chi connectivity index (χ0) is 26.5. The lowest BCUT2D eigenvalue weighted by atomic mass is 10.1. The van der Waals surface area contributed by atoms with Crippen LogP contribution in [0.15, 0.2) is 0 Å². The van der Waals surface area contributed by atoms with Crippen LogP contribution in [-0.2, 0) is 28.2 Å². The highest BCUT2D eigenvalue weighted by molar-refractivity contribution is 7.80. The van der Waals surface area contributed by atoms with E-state index in [4.69, 9.17) is 14.0 Å². The molecule has 0 aliphatic rings. The zero-order valence-electron chi connectivity index (χ0n) is 22.9. The number of carbonyl (C=O) groups is 2. The molecule has 0 fully saturated rings. The van der Waals surface area contributed by atoms with Crippen LogP contribution in [-0.4, -0.2) is 37.0 Å². The van der Waals surface area contributed by atoms with Gasteiger partial charge in [0.15, 0.2) is 6.10 Å². The van der Waals surface area contributed by atoms with E-state index in [-0.39, 0.29) is 25.2 Å². The maximum Gasteiger partial charge on any atom is 0.327 e. The van der Waals surface area contributed by atoms with Crippen molar-refractivity contribution >= 4 is 33.3 Å². The summed E-state index contributed by atoms with van der Waals surface area (Å²) in [5, 5.41) is 0. The highest BCUT2D eigenvalue weighted by atomic mass is 32.1. The van der Waals surface area contributed by atoms with Gasteiger partial charge in [-0.2, -0.15) is 12.6 Å². The standard InChI is InChI=1S/C28H53O6PS/c1-2-3-4-5-6-12-16-19-22-28(30)34-26(25-33-35-31)24-32-27(29)21-18-15-13-10-8-7-9-11-14-17-20-23-36/h26,36H,2-25H2,1H3/t26-/m1/s1. The van der Waals surface area contributed by atoms with Crippen LogP contribution in [0.1, 0.15) is 142 Å². The Morgan fingerprint density at radius 1 is 0.639 bits per heavy atom. The number of esters is 2. The highest BCUT2D eigenvalue weighted by Crippen LogP contribution is 2.13. The molecule has 1 atom stereocenters. The van der Waals surface area contributed by atoms with Crippen molar-refractivity contribution in [3.63, 3.8) is 0 Å². The lowest BCUT2D eigenvalue weighted by Gasteiger charge is -2.16. The van der Waals surface area contributed by atoms with Gasteiger partial charge in [-0.05, 0) is 25.0 Å². The van der Waals surface area contributed by atoms with Gasteiger partial charge in [-0.1, -0.05) is 110 Å². The van der Waals surface area contributed by atoms with Gasteiger partial charge in [0.1, 0.15) is 13.2 Å². The number of thiol groups is 1. The minimum atomic E-state index is -0.727. The Labute approximate surface area is 228 Å². The van der Waals surface area contributed by atoms with E-state index < -0.39 is 14.8 Å². The first-order chi connectivity index (χ1) is 17.6. The normalized spacial score (nSPS) is 12.1.